The normalized spacial score (nSPS) is 12.6. The zero-order chi connectivity index (χ0) is 13.2. The van der Waals surface area contributed by atoms with Gasteiger partial charge < -0.3 is 5.32 Å². The molecule has 1 aromatic heterocycles. The van der Waals surface area contributed by atoms with Gasteiger partial charge in [0.2, 0.25) is 0 Å². The van der Waals surface area contributed by atoms with Gasteiger partial charge >= 0.3 is 0 Å². The molecule has 0 aliphatic heterocycles. The van der Waals surface area contributed by atoms with E-state index in [4.69, 9.17) is 0 Å². The van der Waals surface area contributed by atoms with E-state index in [0.29, 0.717) is 6.04 Å². The fourth-order valence-electron chi connectivity index (χ4n) is 2.34. The number of unbranched alkanes of at least 4 members (excludes halogenated alkanes) is 3. The third kappa shape index (κ3) is 5.18. The summed E-state index contributed by atoms with van der Waals surface area (Å²) in [5, 5.41) is 3.68. The highest BCUT2D eigenvalue weighted by Gasteiger charge is 2.12. The van der Waals surface area contributed by atoms with Crippen LogP contribution in [0.2, 0.25) is 0 Å². The first-order valence-corrected chi connectivity index (χ1v) is 7.43. The van der Waals surface area contributed by atoms with Gasteiger partial charge in [-0.15, -0.1) is 0 Å². The minimum Gasteiger partial charge on any atom is -0.310 e. The van der Waals surface area contributed by atoms with E-state index in [0.717, 1.165) is 6.54 Å². The van der Waals surface area contributed by atoms with Crippen LogP contribution in [-0.2, 0) is 0 Å². The molecule has 18 heavy (non-hydrogen) atoms. The lowest BCUT2D eigenvalue weighted by molar-refractivity contribution is 0.468. The Balaban J connectivity index is 2.57. The van der Waals surface area contributed by atoms with Gasteiger partial charge in [-0.3, -0.25) is 4.98 Å². The summed E-state index contributed by atoms with van der Waals surface area (Å²) in [5.41, 5.74) is 2.73. The van der Waals surface area contributed by atoms with Crippen molar-refractivity contribution >= 4 is 0 Å². The van der Waals surface area contributed by atoms with Gasteiger partial charge in [-0.25, -0.2) is 0 Å². The summed E-state index contributed by atoms with van der Waals surface area (Å²) >= 11 is 0. The van der Waals surface area contributed by atoms with Crippen LogP contribution in [0.4, 0.5) is 0 Å². The van der Waals surface area contributed by atoms with Crippen LogP contribution in [0.15, 0.2) is 18.5 Å². The summed E-state index contributed by atoms with van der Waals surface area (Å²) in [6.07, 6.45) is 11.6. The number of nitrogens with zero attached hydrogens (tertiary/aromatic N) is 1. The summed E-state index contributed by atoms with van der Waals surface area (Å²) in [4.78, 5) is 4.19. The second-order valence-corrected chi connectivity index (χ2v) is 5.09. The van der Waals surface area contributed by atoms with Crippen LogP contribution in [0.25, 0.3) is 0 Å². The van der Waals surface area contributed by atoms with Crippen LogP contribution in [0.3, 0.4) is 0 Å². The molecule has 0 radical (unpaired) electrons. The maximum atomic E-state index is 4.19. The largest absolute Gasteiger partial charge is 0.310 e. The van der Waals surface area contributed by atoms with E-state index >= 15 is 0 Å². The number of aryl methyl sites for hydroxylation is 1. The highest BCUT2D eigenvalue weighted by atomic mass is 14.9. The topological polar surface area (TPSA) is 24.9 Å². The predicted octanol–water partition coefficient (Wildman–Crippen LogP) is 4.40. The number of hydrogen-bond donors (Lipinski definition) is 1. The number of aromatic nitrogens is 1. The zero-order valence-electron chi connectivity index (χ0n) is 12.2. The SMILES string of the molecule is CCCCCCC(NCCC)c1ccncc1C. The summed E-state index contributed by atoms with van der Waals surface area (Å²) in [6.45, 7) is 7.75. The van der Waals surface area contributed by atoms with Crippen LogP contribution >= 0.6 is 0 Å². The predicted molar refractivity (Wildman–Crippen MR) is 78.8 cm³/mol. The monoisotopic (exact) mass is 248 g/mol. The molecular weight excluding hydrogens is 220 g/mol. The molecule has 1 N–H and O–H groups in total. The average molecular weight is 248 g/mol. The van der Waals surface area contributed by atoms with Crippen molar-refractivity contribution in [3.63, 3.8) is 0 Å². The van der Waals surface area contributed by atoms with Crippen LogP contribution in [0.1, 0.15) is 69.5 Å². The van der Waals surface area contributed by atoms with Crippen LogP contribution in [-0.4, -0.2) is 11.5 Å². The Morgan fingerprint density at radius 1 is 1.17 bits per heavy atom. The van der Waals surface area contributed by atoms with Gasteiger partial charge in [-0.1, -0.05) is 39.5 Å². The lowest BCUT2D eigenvalue weighted by Crippen LogP contribution is -2.23. The molecule has 0 aliphatic carbocycles. The van der Waals surface area contributed by atoms with Gasteiger partial charge in [0, 0.05) is 18.4 Å². The van der Waals surface area contributed by atoms with E-state index in [1.54, 1.807) is 0 Å². The molecule has 1 unspecified atom stereocenters. The Morgan fingerprint density at radius 2 is 2.00 bits per heavy atom. The van der Waals surface area contributed by atoms with E-state index < -0.39 is 0 Å². The third-order valence-corrected chi connectivity index (χ3v) is 3.43. The maximum absolute atomic E-state index is 4.19. The lowest BCUT2D eigenvalue weighted by atomic mass is 9.97. The lowest BCUT2D eigenvalue weighted by Gasteiger charge is -2.20. The van der Waals surface area contributed by atoms with E-state index in [1.807, 2.05) is 12.4 Å². The molecule has 0 fully saturated rings. The molecule has 0 saturated carbocycles. The van der Waals surface area contributed by atoms with Crippen molar-refractivity contribution in [2.24, 2.45) is 0 Å². The molecule has 1 atom stereocenters. The average Bonchev–Trinajstić information content (AvgIpc) is 2.39. The molecule has 1 heterocycles. The number of pyridine rings is 1. The Morgan fingerprint density at radius 3 is 2.67 bits per heavy atom. The van der Waals surface area contributed by atoms with E-state index in [9.17, 15) is 0 Å². The second kappa shape index (κ2) is 9.09. The van der Waals surface area contributed by atoms with Crippen molar-refractivity contribution in [3.8, 4) is 0 Å². The molecule has 102 valence electrons. The van der Waals surface area contributed by atoms with Gasteiger partial charge in [0.1, 0.15) is 0 Å². The highest BCUT2D eigenvalue weighted by molar-refractivity contribution is 5.25. The first kappa shape index (κ1) is 15.2. The highest BCUT2D eigenvalue weighted by Crippen LogP contribution is 2.22. The number of rotatable bonds is 9. The summed E-state index contributed by atoms with van der Waals surface area (Å²) < 4.78 is 0. The van der Waals surface area contributed by atoms with Crippen LogP contribution < -0.4 is 5.32 Å². The smallest absolute Gasteiger partial charge is 0.0323 e. The Hall–Kier alpha value is -0.890. The van der Waals surface area contributed by atoms with Crippen molar-refractivity contribution in [2.45, 2.75) is 65.3 Å². The fourth-order valence-corrected chi connectivity index (χ4v) is 2.34. The molecule has 1 aromatic rings. The fraction of sp³-hybridized carbons (Fsp3) is 0.688. The zero-order valence-corrected chi connectivity index (χ0v) is 12.2. The van der Waals surface area contributed by atoms with E-state index in [1.165, 1.54) is 49.7 Å². The molecule has 0 saturated heterocycles. The number of nitrogens with one attached hydrogen (secondary N) is 1. The quantitative estimate of drug-likeness (QED) is 0.655. The summed E-state index contributed by atoms with van der Waals surface area (Å²) in [5.74, 6) is 0. The summed E-state index contributed by atoms with van der Waals surface area (Å²) in [6, 6.07) is 2.67. The van der Waals surface area contributed by atoms with Crippen molar-refractivity contribution < 1.29 is 0 Å². The molecular formula is C16H28N2. The second-order valence-electron chi connectivity index (χ2n) is 5.09. The molecule has 2 nitrogen and oxygen atoms in total. The van der Waals surface area contributed by atoms with Crippen molar-refractivity contribution in [1.29, 1.82) is 0 Å². The third-order valence-electron chi connectivity index (χ3n) is 3.43. The Bertz CT molecular complexity index is 323. The number of hydrogen-bond acceptors (Lipinski definition) is 2. The van der Waals surface area contributed by atoms with Crippen LogP contribution in [0, 0.1) is 6.92 Å². The van der Waals surface area contributed by atoms with Crippen LogP contribution in [0.5, 0.6) is 0 Å². The van der Waals surface area contributed by atoms with E-state index in [2.05, 4.69) is 37.1 Å². The van der Waals surface area contributed by atoms with Crippen molar-refractivity contribution in [2.75, 3.05) is 6.54 Å². The molecule has 2 heteroatoms. The molecule has 0 amide bonds. The van der Waals surface area contributed by atoms with Gasteiger partial charge in [0.05, 0.1) is 0 Å². The minimum absolute atomic E-state index is 0.504. The first-order chi connectivity index (χ1) is 8.79. The van der Waals surface area contributed by atoms with Gasteiger partial charge in [-0.05, 0) is 43.5 Å². The minimum atomic E-state index is 0.504. The van der Waals surface area contributed by atoms with Gasteiger partial charge in [0.25, 0.3) is 0 Å². The Labute approximate surface area is 112 Å². The molecule has 0 aromatic carbocycles. The summed E-state index contributed by atoms with van der Waals surface area (Å²) in [7, 11) is 0. The van der Waals surface area contributed by atoms with Gasteiger partial charge in [0.15, 0.2) is 0 Å². The van der Waals surface area contributed by atoms with E-state index in [-0.39, 0.29) is 0 Å². The molecule has 1 rings (SSSR count). The molecule has 0 bridgehead atoms. The maximum Gasteiger partial charge on any atom is 0.0323 e. The first-order valence-electron chi connectivity index (χ1n) is 7.43. The van der Waals surface area contributed by atoms with Crippen molar-refractivity contribution in [1.82, 2.24) is 10.3 Å². The van der Waals surface area contributed by atoms with Crippen molar-refractivity contribution in [3.05, 3.63) is 29.6 Å². The Kier molecular flexibility index (Phi) is 7.66. The van der Waals surface area contributed by atoms with Gasteiger partial charge in [-0.2, -0.15) is 0 Å². The molecule has 0 spiro atoms. The molecule has 0 aliphatic rings. The standard InChI is InChI=1S/C16H28N2/c1-4-6-7-8-9-16(18-11-5-2)15-10-12-17-13-14(15)3/h10,12-13,16,18H,4-9,11H2,1-3H3.